The summed E-state index contributed by atoms with van der Waals surface area (Å²) >= 11 is 0. The molecule has 0 aromatic rings. The molecule has 0 saturated heterocycles. The van der Waals surface area contributed by atoms with Crippen LogP contribution in [0, 0.1) is 0 Å². The van der Waals surface area contributed by atoms with E-state index in [0.29, 0.717) is 0 Å². The minimum absolute atomic E-state index is 1.02. The Bertz CT molecular complexity index is 92.1. The summed E-state index contributed by atoms with van der Waals surface area (Å²) in [6, 6.07) is 0. The SMILES string of the molecule is [NH2+]=C1C=CCC1. The smallest absolute Gasteiger partial charge is 0.172 e. The molecule has 1 heteroatoms. The molecule has 0 aromatic carbocycles. The van der Waals surface area contributed by atoms with Crippen molar-refractivity contribution < 1.29 is 5.41 Å². The summed E-state index contributed by atoms with van der Waals surface area (Å²) in [5.41, 5.74) is 1.02. The van der Waals surface area contributed by atoms with Crippen molar-refractivity contribution in [1.82, 2.24) is 0 Å². The Kier molecular flexibility index (Phi) is 0.748. The standard InChI is InChI=1S/C5H7N/c6-5-3-1-2-4-5/h1,3,6H,2,4H2/p+1. The van der Waals surface area contributed by atoms with Crippen LogP contribution in [0.25, 0.3) is 0 Å². The molecule has 0 aliphatic heterocycles. The molecule has 0 unspecified atom stereocenters. The summed E-state index contributed by atoms with van der Waals surface area (Å²) in [6.07, 6.45) is 6.28. The maximum absolute atomic E-state index is 5.36. The predicted molar refractivity (Wildman–Crippen MR) is 25.3 cm³/mol. The fraction of sp³-hybridized carbons (Fsp3) is 0.400. The van der Waals surface area contributed by atoms with Gasteiger partial charge in [-0.1, -0.05) is 6.08 Å². The Hall–Kier alpha value is -0.590. The molecule has 0 spiro atoms. The van der Waals surface area contributed by atoms with Crippen molar-refractivity contribution in [2.24, 2.45) is 0 Å². The lowest BCUT2D eigenvalue weighted by Gasteiger charge is -1.69. The van der Waals surface area contributed by atoms with E-state index < -0.39 is 0 Å². The van der Waals surface area contributed by atoms with Gasteiger partial charge in [0.1, 0.15) is 0 Å². The first-order valence-electron chi connectivity index (χ1n) is 2.17. The van der Waals surface area contributed by atoms with E-state index in [9.17, 15) is 0 Å². The van der Waals surface area contributed by atoms with Gasteiger partial charge in [0.25, 0.3) is 0 Å². The van der Waals surface area contributed by atoms with Crippen molar-refractivity contribution >= 4 is 5.71 Å². The van der Waals surface area contributed by atoms with Crippen molar-refractivity contribution in [2.75, 3.05) is 0 Å². The van der Waals surface area contributed by atoms with E-state index in [2.05, 4.69) is 6.08 Å². The Morgan fingerprint density at radius 2 is 2.50 bits per heavy atom. The van der Waals surface area contributed by atoms with Crippen LogP contribution in [0.5, 0.6) is 0 Å². The quantitative estimate of drug-likeness (QED) is 0.409. The summed E-state index contributed by atoms with van der Waals surface area (Å²) in [7, 11) is 0. The third-order valence-electron chi connectivity index (χ3n) is 0.932. The monoisotopic (exact) mass is 82.1 g/mol. The molecule has 0 saturated carbocycles. The Balaban J connectivity index is 2.59. The van der Waals surface area contributed by atoms with Crippen molar-refractivity contribution in [3.05, 3.63) is 12.2 Å². The summed E-state index contributed by atoms with van der Waals surface area (Å²) in [4.78, 5) is 0. The van der Waals surface area contributed by atoms with Crippen LogP contribution < -0.4 is 5.41 Å². The number of hydrogen-bond acceptors (Lipinski definition) is 0. The largest absolute Gasteiger partial charge is 0.258 e. The van der Waals surface area contributed by atoms with E-state index in [-0.39, 0.29) is 0 Å². The van der Waals surface area contributed by atoms with Crippen LogP contribution in [0.4, 0.5) is 0 Å². The molecule has 1 rings (SSSR count). The maximum atomic E-state index is 5.36. The van der Waals surface area contributed by atoms with Gasteiger partial charge in [-0.05, 0) is 6.42 Å². The van der Waals surface area contributed by atoms with Crippen LogP contribution in [0.1, 0.15) is 12.8 Å². The van der Waals surface area contributed by atoms with E-state index in [1.54, 1.807) is 0 Å². The second kappa shape index (κ2) is 1.25. The number of allylic oxidation sites excluding steroid dienone is 2. The molecule has 1 aliphatic rings. The predicted octanol–water partition coefficient (Wildman–Crippen LogP) is -0.464. The zero-order valence-electron chi connectivity index (χ0n) is 3.65. The summed E-state index contributed by atoms with van der Waals surface area (Å²) < 4.78 is 0. The average molecular weight is 82.1 g/mol. The first-order chi connectivity index (χ1) is 2.89. The van der Waals surface area contributed by atoms with Crippen LogP contribution in [-0.4, -0.2) is 5.71 Å². The highest BCUT2D eigenvalue weighted by Gasteiger charge is 2.00. The molecule has 0 heterocycles. The first kappa shape index (κ1) is 3.59. The van der Waals surface area contributed by atoms with Crippen LogP contribution in [0.15, 0.2) is 12.2 Å². The zero-order chi connectivity index (χ0) is 4.41. The van der Waals surface area contributed by atoms with Crippen LogP contribution in [-0.2, 0) is 0 Å². The summed E-state index contributed by atoms with van der Waals surface area (Å²) in [5, 5.41) is 5.36. The Morgan fingerprint density at radius 3 is 2.67 bits per heavy atom. The van der Waals surface area contributed by atoms with Crippen LogP contribution >= 0.6 is 0 Å². The van der Waals surface area contributed by atoms with Gasteiger partial charge in [0.15, 0.2) is 5.71 Å². The lowest BCUT2D eigenvalue weighted by atomic mass is 10.3. The number of nitrogens with two attached hydrogens (primary N) is 1. The molecule has 0 amide bonds. The fourth-order valence-electron chi connectivity index (χ4n) is 0.568. The summed E-state index contributed by atoms with van der Waals surface area (Å²) in [6.45, 7) is 0. The minimum Gasteiger partial charge on any atom is -0.258 e. The van der Waals surface area contributed by atoms with Gasteiger partial charge in [-0.2, -0.15) is 0 Å². The molecule has 1 aliphatic carbocycles. The fourth-order valence-corrected chi connectivity index (χ4v) is 0.568. The molecule has 0 fully saturated rings. The van der Waals surface area contributed by atoms with Gasteiger partial charge in [-0.15, -0.1) is 0 Å². The van der Waals surface area contributed by atoms with Gasteiger partial charge in [0.05, 0.1) is 0 Å². The second-order valence-corrected chi connectivity index (χ2v) is 1.52. The van der Waals surface area contributed by atoms with E-state index in [1.165, 1.54) is 0 Å². The normalized spacial score (nSPS) is 19.7. The van der Waals surface area contributed by atoms with Gasteiger partial charge in [-0.3, -0.25) is 5.41 Å². The second-order valence-electron chi connectivity index (χ2n) is 1.52. The van der Waals surface area contributed by atoms with E-state index in [4.69, 9.17) is 5.41 Å². The van der Waals surface area contributed by atoms with E-state index >= 15 is 0 Å². The molecule has 6 heavy (non-hydrogen) atoms. The van der Waals surface area contributed by atoms with Crippen molar-refractivity contribution in [2.45, 2.75) is 12.8 Å². The maximum Gasteiger partial charge on any atom is 0.172 e. The van der Waals surface area contributed by atoms with Gasteiger partial charge in [0, 0.05) is 12.5 Å². The Morgan fingerprint density at radius 1 is 1.67 bits per heavy atom. The van der Waals surface area contributed by atoms with Crippen molar-refractivity contribution in [1.29, 1.82) is 0 Å². The first-order valence-corrected chi connectivity index (χ1v) is 2.17. The van der Waals surface area contributed by atoms with Gasteiger partial charge in [0.2, 0.25) is 0 Å². The Labute approximate surface area is 37.2 Å². The molecular weight excluding hydrogens is 74.1 g/mol. The van der Waals surface area contributed by atoms with Gasteiger partial charge < -0.3 is 0 Å². The summed E-state index contributed by atoms with van der Waals surface area (Å²) in [5.74, 6) is 0. The molecule has 2 N–H and O–H groups in total. The zero-order valence-corrected chi connectivity index (χ0v) is 3.65. The van der Waals surface area contributed by atoms with Crippen LogP contribution in [0.3, 0.4) is 0 Å². The molecule has 0 aromatic heterocycles. The number of rotatable bonds is 0. The highest BCUT2D eigenvalue weighted by atomic mass is 14.4. The van der Waals surface area contributed by atoms with Gasteiger partial charge >= 0.3 is 0 Å². The molecule has 1 nitrogen and oxygen atoms in total. The molecule has 0 atom stereocenters. The topological polar surface area (TPSA) is 25.6 Å². The molecule has 32 valence electrons. The third kappa shape index (κ3) is 0.482. The van der Waals surface area contributed by atoms with E-state index in [0.717, 1.165) is 18.6 Å². The lowest BCUT2D eigenvalue weighted by Crippen LogP contribution is -2.36. The van der Waals surface area contributed by atoms with Crippen LogP contribution in [0.2, 0.25) is 0 Å². The third-order valence-corrected chi connectivity index (χ3v) is 0.932. The van der Waals surface area contributed by atoms with Crippen molar-refractivity contribution in [3.63, 3.8) is 0 Å². The number of hydrogen-bond donors (Lipinski definition) is 1. The highest BCUT2D eigenvalue weighted by Crippen LogP contribution is 1.99. The molecular formula is C5H8N+. The van der Waals surface area contributed by atoms with Gasteiger partial charge in [-0.25, -0.2) is 0 Å². The lowest BCUT2D eigenvalue weighted by molar-refractivity contribution is -0.114. The highest BCUT2D eigenvalue weighted by molar-refractivity contribution is 5.91. The average Bonchev–Trinajstić information content (AvgIpc) is 1.86. The van der Waals surface area contributed by atoms with E-state index in [1.807, 2.05) is 6.08 Å². The van der Waals surface area contributed by atoms with Crippen molar-refractivity contribution in [3.8, 4) is 0 Å². The minimum atomic E-state index is 1.02. The molecule has 0 bridgehead atoms. The molecule has 0 radical (unpaired) electrons.